The molecule has 5 nitrogen and oxygen atoms in total. The second kappa shape index (κ2) is 4.65. The molecular formula is C10H15N3O2. The second-order valence-electron chi connectivity index (χ2n) is 3.37. The Balaban J connectivity index is 2.80. The summed E-state index contributed by atoms with van der Waals surface area (Å²) in [4.78, 5) is 12.7. The van der Waals surface area contributed by atoms with Gasteiger partial charge in [-0.15, -0.1) is 0 Å². The Morgan fingerprint density at radius 3 is 2.67 bits per heavy atom. The van der Waals surface area contributed by atoms with Gasteiger partial charge in [-0.1, -0.05) is 6.07 Å². The molecule has 0 heterocycles. The van der Waals surface area contributed by atoms with Gasteiger partial charge < -0.3 is 21.1 Å². The molecule has 0 bridgehead atoms. The van der Waals surface area contributed by atoms with Crippen LogP contribution in [0.4, 0.5) is 10.5 Å². The van der Waals surface area contributed by atoms with Crippen LogP contribution >= 0.6 is 0 Å². The van der Waals surface area contributed by atoms with Gasteiger partial charge in [0.2, 0.25) is 0 Å². The highest BCUT2D eigenvalue weighted by Gasteiger charge is 2.05. The van der Waals surface area contributed by atoms with Crippen molar-refractivity contribution in [3.63, 3.8) is 0 Å². The molecule has 0 aliphatic heterocycles. The van der Waals surface area contributed by atoms with Gasteiger partial charge >= 0.3 is 6.03 Å². The number of carbonyl (C=O) groups excluding carboxylic acids is 1. The number of nitrogens with two attached hydrogens (primary N) is 1. The first kappa shape index (κ1) is 11.3. The van der Waals surface area contributed by atoms with E-state index in [0.717, 1.165) is 0 Å². The second-order valence-corrected chi connectivity index (χ2v) is 3.37. The Bertz CT molecular complexity index is 364. The molecule has 0 aliphatic rings. The molecular weight excluding hydrogens is 194 g/mol. The minimum absolute atomic E-state index is 0.0917. The van der Waals surface area contributed by atoms with Gasteiger partial charge in [0, 0.05) is 38.0 Å². The van der Waals surface area contributed by atoms with Crippen molar-refractivity contribution in [1.29, 1.82) is 0 Å². The zero-order valence-corrected chi connectivity index (χ0v) is 8.82. The van der Waals surface area contributed by atoms with Crippen LogP contribution in [0.1, 0.15) is 5.56 Å². The number of hydrogen-bond acceptors (Lipinski definition) is 3. The minimum Gasteiger partial charge on any atom is -0.508 e. The van der Waals surface area contributed by atoms with Crippen molar-refractivity contribution in [2.75, 3.05) is 19.4 Å². The van der Waals surface area contributed by atoms with Crippen molar-refractivity contribution in [3.05, 3.63) is 23.8 Å². The maximum absolute atomic E-state index is 11.3. The molecule has 1 aromatic rings. The van der Waals surface area contributed by atoms with Crippen LogP contribution in [-0.4, -0.2) is 30.1 Å². The summed E-state index contributed by atoms with van der Waals surface area (Å²) < 4.78 is 0. The van der Waals surface area contributed by atoms with E-state index in [1.807, 2.05) is 0 Å². The average Bonchev–Trinajstić information content (AvgIpc) is 2.18. The summed E-state index contributed by atoms with van der Waals surface area (Å²) in [6.07, 6.45) is 0. The molecule has 0 radical (unpaired) electrons. The lowest BCUT2D eigenvalue weighted by atomic mass is 10.2. The van der Waals surface area contributed by atoms with Gasteiger partial charge in [-0.25, -0.2) is 4.79 Å². The van der Waals surface area contributed by atoms with Crippen molar-refractivity contribution in [2.24, 2.45) is 5.73 Å². The number of aromatic hydroxyl groups is 1. The molecule has 0 aromatic heterocycles. The number of urea groups is 1. The van der Waals surface area contributed by atoms with E-state index >= 15 is 0 Å². The number of amides is 2. The van der Waals surface area contributed by atoms with Crippen LogP contribution in [0.15, 0.2) is 18.2 Å². The van der Waals surface area contributed by atoms with Crippen molar-refractivity contribution in [1.82, 2.24) is 4.90 Å². The number of hydrogen-bond donors (Lipinski definition) is 3. The first-order valence-corrected chi connectivity index (χ1v) is 4.55. The van der Waals surface area contributed by atoms with Crippen LogP contribution in [0.2, 0.25) is 0 Å². The zero-order valence-electron chi connectivity index (χ0n) is 8.82. The lowest BCUT2D eigenvalue weighted by Gasteiger charge is -2.12. The van der Waals surface area contributed by atoms with Crippen molar-refractivity contribution >= 4 is 11.7 Å². The predicted molar refractivity (Wildman–Crippen MR) is 58.7 cm³/mol. The minimum atomic E-state index is -0.241. The Morgan fingerprint density at radius 2 is 2.20 bits per heavy atom. The van der Waals surface area contributed by atoms with Crippen LogP contribution in [0.5, 0.6) is 5.75 Å². The third kappa shape index (κ3) is 2.85. The van der Waals surface area contributed by atoms with Gasteiger partial charge in [0.15, 0.2) is 0 Å². The molecule has 0 aliphatic carbocycles. The highest BCUT2D eigenvalue weighted by Crippen LogP contribution is 2.21. The molecule has 0 saturated heterocycles. The molecule has 0 saturated carbocycles. The maximum Gasteiger partial charge on any atom is 0.321 e. The van der Waals surface area contributed by atoms with Crippen LogP contribution in [0, 0.1) is 0 Å². The van der Waals surface area contributed by atoms with Crippen molar-refractivity contribution in [3.8, 4) is 5.75 Å². The van der Waals surface area contributed by atoms with Crippen LogP contribution < -0.4 is 11.1 Å². The van der Waals surface area contributed by atoms with Gasteiger partial charge in [-0.3, -0.25) is 0 Å². The lowest BCUT2D eigenvalue weighted by Crippen LogP contribution is -2.27. The Labute approximate surface area is 88.5 Å². The summed E-state index contributed by atoms with van der Waals surface area (Å²) in [6.45, 7) is 0.272. The normalized spacial score (nSPS) is 9.80. The van der Waals surface area contributed by atoms with Crippen LogP contribution in [-0.2, 0) is 6.54 Å². The SMILES string of the molecule is CN(C)C(=O)Nc1ccc(CN)c(O)c1. The van der Waals surface area contributed by atoms with Crippen molar-refractivity contribution < 1.29 is 9.90 Å². The monoisotopic (exact) mass is 209 g/mol. The van der Waals surface area contributed by atoms with E-state index < -0.39 is 0 Å². The summed E-state index contributed by atoms with van der Waals surface area (Å²) >= 11 is 0. The average molecular weight is 209 g/mol. The first-order valence-electron chi connectivity index (χ1n) is 4.55. The number of phenols is 1. The molecule has 0 fully saturated rings. The number of anilines is 1. The van der Waals surface area contributed by atoms with Gasteiger partial charge in [0.1, 0.15) is 5.75 Å². The highest BCUT2D eigenvalue weighted by atomic mass is 16.3. The summed E-state index contributed by atoms with van der Waals surface area (Å²) in [5.74, 6) is 0.0917. The maximum atomic E-state index is 11.3. The van der Waals surface area contributed by atoms with Gasteiger partial charge in [-0.05, 0) is 6.07 Å². The van der Waals surface area contributed by atoms with Gasteiger partial charge in [0.25, 0.3) is 0 Å². The molecule has 1 rings (SSSR count). The largest absolute Gasteiger partial charge is 0.508 e. The van der Waals surface area contributed by atoms with E-state index in [-0.39, 0.29) is 18.3 Å². The standard InChI is InChI=1S/C10H15N3O2/c1-13(2)10(15)12-8-4-3-7(6-11)9(14)5-8/h3-5,14H,6,11H2,1-2H3,(H,12,15). The number of rotatable bonds is 2. The van der Waals surface area contributed by atoms with E-state index in [0.29, 0.717) is 11.3 Å². The molecule has 15 heavy (non-hydrogen) atoms. The summed E-state index contributed by atoms with van der Waals surface area (Å²) in [7, 11) is 3.28. The fourth-order valence-electron chi connectivity index (χ4n) is 1.05. The van der Waals surface area contributed by atoms with Crippen molar-refractivity contribution in [2.45, 2.75) is 6.54 Å². The van der Waals surface area contributed by atoms with E-state index in [2.05, 4.69) is 5.32 Å². The topological polar surface area (TPSA) is 78.6 Å². The third-order valence-corrected chi connectivity index (χ3v) is 1.96. The fraction of sp³-hybridized carbons (Fsp3) is 0.300. The van der Waals surface area contributed by atoms with E-state index in [4.69, 9.17) is 5.73 Å². The summed E-state index contributed by atoms with van der Waals surface area (Å²) in [5, 5.41) is 12.1. The summed E-state index contributed by atoms with van der Waals surface area (Å²) in [6, 6.07) is 4.61. The highest BCUT2D eigenvalue weighted by molar-refractivity contribution is 5.89. The van der Waals surface area contributed by atoms with E-state index in [9.17, 15) is 9.90 Å². The first-order chi connectivity index (χ1) is 7.04. The Hall–Kier alpha value is -1.75. The van der Waals surface area contributed by atoms with Crippen LogP contribution in [0.25, 0.3) is 0 Å². The molecule has 5 heteroatoms. The third-order valence-electron chi connectivity index (χ3n) is 1.96. The molecule has 0 spiro atoms. The number of benzene rings is 1. The number of nitrogens with one attached hydrogen (secondary N) is 1. The Kier molecular flexibility index (Phi) is 3.51. The molecule has 0 atom stereocenters. The lowest BCUT2D eigenvalue weighted by molar-refractivity contribution is 0.230. The van der Waals surface area contributed by atoms with E-state index in [1.165, 1.54) is 11.0 Å². The quantitative estimate of drug-likeness (QED) is 0.678. The number of phenolic OH excluding ortho intramolecular Hbond substituents is 1. The number of carbonyl (C=O) groups is 1. The van der Waals surface area contributed by atoms with E-state index in [1.54, 1.807) is 26.2 Å². The van der Waals surface area contributed by atoms with Gasteiger partial charge in [-0.2, -0.15) is 0 Å². The summed E-state index contributed by atoms with van der Waals surface area (Å²) in [5.41, 5.74) is 6.59. The van der Waals surface area contributed by atoms with Gasteiger partial charge in [0.05, 0.1) is 0 Å². The Morgan fingerprint density at radius 1 is 1.53 bits per heavy atom. The smallest absolute Gasteiger partial charge is 0.321 e. The predicted octanol–water partition coefficient (Wildman–Crippen LogP) is 0.944. The zero-order chi connectivity index (χ0) is 11.4. The van der Waals surface area contributed by atoms with Crippen LogP contribution in [0.3, 0.4) is 0 Å². The molecule has 0 unspecified atom stereocenters. The number of nitrogens with zero attached hydrogens (tertiary/aromatic N) is 1. The molecule has 82 valence electrons. The molecule has 2 amide bonds. The fourth-order valence-corrected chi connectivity index (χ4v) is 1.05. The molecule has 1 aromatic carbocycles. The molecule has 4 N–H and O–H groups in total.